The van der Waals surface area contributed by atoms with Crippen molar-refractivity contribution in [3.63, 3.8) is 0 Å². The van der Waals surface area contributed by atoms with Crippen molar-refractivity contribution in [1.29, 1.82) is 5.26 Å². The quantitative estimate of drug-likeness (QED) is 0.140. The van der Waals surface area contributed by atoms with Gasteiger partial charge in [0.1, 0.15) is 37.6 Å². The normalized spacial score (nSPS) is 10.9. The van der Waals surface area contributed by atoms with E-state index in [1.54, 1.807) is 17.4 Å². The number of nitriles is 1. The van der Waals surface area contributed by atoms with Gasteiger partial charge in [-0.3, -0.25) is 0 Å². The van der Waals surface area contributed by atoms with E-state index in [1.807, 2.05) is 77.1 Å². The Hall–Kier alpha value is -3.22. The molecule has 0 aliphatic rings. The molecule has 2 heterocycles. The largest absolute Gasteiger partial charge is 0.490 e. The molecule has 0 fully saturated rings. The summed E-state index contributed by atoms with van der Waals surface area (Å²) >= 11 is 12.4. The van der Waals surface area contributed by atoms with E-state index in [2.05, 4.69) is 112 Å². The zero-order valence-electron chi connectivity index (χ0n) is 27.6. The minimum atomic E-state index is 0.0199. The molecule has 0 spiro atoms. The summed E-state index contributed by atoms with van der Waals surface area (Å²) < 4.78 is 14.7. The smallest absolute Gasteiger partial charge is 0.148 e. The predicted octanol–water partition coefficient (Wildman–Crippen LogP) is 11.9. The van der Waals surface area contributed by atoms with Gasteiger partial charge in [-0.05, 0) is 136 Å². The van der Waals surface area contributed by atoms with Crippen LogP contribution in [0.2, 0.25) is 0 Å². The molecule has 12 heteroatoms. The molecule has 0 atom stereocenters. The van der Waals surface area contributed by atoms with Gasteiger partial charge in [0.2, 0.25) is 0 Å². The van der Waals surface area contributed by atoms with Crippen molar-refractivity contribution in [2.45, 2.75) is 53.8 Å². The minimum absolute atomic E-state index is 0.0199. The summed E-state index contributed by atoms with van der Waals surface area (Å²) in [5.74, 6) is 1.50. The van der Waals surface area contributed by atoms with Gasteiger partial charge in [-0.15, -0.1) is 20.4 Å². The summed E-state index contributed by atoms with van der Waals surface area (Å²) in [6.07, 6.45) is 0.185. The van der Waals surface area contributed by atoms with Gasteiger partial charge in [0.15, 0.2) is 0 Å². The molecular weight excluding hydrogens is 897 g/mol. The van der Waals surface area contributed by atoms with Crippen LogP contribution in [0.1, 0.15) is 44.4 Å². The molecule has 0 unspecified atom stereocenters. The Morgan fingerprint density at radius 1 is 0.633 bits per heavy atom. The third-order valence-electron chi connectivity index (χ3n) is 6.94. The molecular formula is C37H32Br2IN5O2S2. The van der Waals surface area contributed by atoms with Crippen LogP contribution in [0.5, 0.6) is 11.5 Å². The molecule has 0 radical (unpaired) electrons. The Kier molecular flexibility index (Phi) is 12.6. The van der Waals surface area contributed by atoms with E-state index in [4.69, 9.17) is 9.47 Å². The number of rotatable bonds is 8. The first-order valence-corrected chi connectivity index (χ1v) is 19.6. The number of halogens is 3. The number of benzene rings is 4. The van der Waals surface area contributed by atoms with Crippen LogP contribution in [0.3, 0.4) is 0 Å². The Morgan fingerprint density at radius 2 is 1.08 bits per heavy atom. The summed E-state index contributed by atoms with van der Waals surface area (Å²) in [6, 6.07) is 26.2. The van der Waals surface area contributed by atoms with E-state index in [0.717, 1.165) is 66.1 Å². The zero-order chi connectivity index (χ0) is 35.2. The number of aromatic nitrogens is 4. The zero-order valence-corrected chi connectivity index (χ0v) is 34.5. The fourth-order valence-corrected chi connectivity index (χ4v) is 8.18. The molecule has 49 heavy (non-hydrogen) atoms. The van der Waals surface area contributed by atoms with Crippen LogP contribution in [0, 0.1) is 28.7 Å². The summed E-state index contributed by atoms with van der Waals surface area (Å²) in [5, 5.41) is 30.2. The number of ether oxygens (including phenoxy) is 2. The van der Waals surface area contributed by atoms with Crippen molar-refractivity contribution in [1.82, 2.24) is 20.4 Å². The van der Waals surface area contributed by atoms with Gasteiger partial charge >= 0.3 is 0 Å². The average Bonchev–Trinajstić information content (AvgIpc) is 3.73. The van der Waals surface area contributed by atoms with Crippen LogP contribution >= 0.6 is 77.1 Å². The molecule has 250 valence electrons. The predicted molar refractivity (Wildman–Crippen MR) is 215 cm³/mol. The lowest BCUT2D eigenvalue weighted by Crippen LogP contribution is -2.06. The fourth-order valence-electron chi connectivity index (χ4n) is 4.72. The number of nitrogens with zero attached hydrogens (tertiary/aromatic N) is 5. The van der Waals surface area contributed by atoms with E-state index in [1.165, 1.54) is 16.9 Å². The molecule has 0 N–H and O–H groups in total. The first-order valence-electron chi connectivity index (χ1n) is 15.3. The lowest BCUT2D eigenvalue weighted by atomic mass is 10.1. The topological polar surface area (TPSA) is 93.8 Å². The highest BCUT2D eigenvalue weighted by molar-refractivity contribution is 14.1. The Morgan fingerprint density at radius 3 is 1.53 bits per heavy atom. The van der Waals surface area contributed by atoms with Gasteiger partial charge in [-0.1, -0.05) is 66.7 Å². The molecule has 6 rings (SSSR count). The lowest BCUT2D eigenvalue weighted by molar-refractivity contribution is 0.240. The second-order valence-electron chi connectivity index (χ2n) is 11.5. The molecule has 0 saturated heterocycles. The third-order valence-corrected chi connectivity index (χ3v) is 10.8. The Balaban J connectivity index is 0.000000191. The maximum atomic E-state index is 9.38. The van der Waals surface area contributed by atoms with Gasteiger partial charge in [0.05, 0.1) is 21.3 Å². The maximum Gasteiger partial charge on any atom is 0.148 e. The first-order chi connectivity index (χ1) is 23.4. The second kappa shape index (κ2) is 16.7. The third kappa shape index (κ3) is 9.52. The van der Waals surface area contributed by atoms with E-state index >= 15 is 0 Å². The molecule has 0 aliphatic carbocycles. The molecule has 7 nitrogen and oxygen atoms in total. The van der Waals surface area contributed by atoms with Gasteiger partial charge in [0.25, 0.3) is 0 Å². The molecule has 6 aromatic rings. The molecule has 0 saturated carbocycles. The highest BCUT2D eigenvalue weighted by Gasteiger charge is 2.15. The maximum absolute atomic E-state index is 9.38. The van der Waals surface area contributed by atoms with Crippen LogP contribution in [-0.4, -0.2) is 32.6 Å². The van der Waals surface area contributed by atoms with Crippen molar-refractivity contribution >= 4 is 77.1 Å². The highest BCUT2D eigenvalue weighted by Crippen LogP contribution is 2.36. The molecule has 0 bridgehead atoms. The summed E-state index contributed by atoms with van der Waals surface area (Å²) in [7, 11) is 0. The van der Waals surface area contributed by atoms with Gasteiger partial charge in [-0.25, -0.2) is 0 Å². The first kappa shape index (κ1) is 37.0. The van der Waals surface area contributed by atoms with E-state index < -0.39 is 0 Å². The van der Waals surface area contributed by atoms with Crippen molar-refractivity contribution in [3.8, 4) is 59.9 Å². The van der Waals surface area contributed by atoms with Crippen molar-refractivity contribution in [3.05, 3.63) is 102 Å². The molecule has 4 aromatic carbocycles. The molecule has 0 aliphatic heterocycles. The Labute approximate surface area is 325 Å². The lowest BCUT2D eigenvalue weighted by Gasteiger charge is -2.11. The van der Waals surface area contributed by atoms with Gasteiger partial charge in [-0.2, -0.15) is 5.26 Å². The fraction of sp³-hybridized carbons (Fsp3) is 0.216. The van der Waals surface area contributed by atoms with Crippen LogP contribution in [-0.2, 0) is 0 Å². The minimum Gasteiger partial charge on any atom is -0.490 e. The van der Waals surface area contributed by atoms with E-state index in [9.17, 15) is 5.26 Å². The molecule has 2 aromatic heterocycles. The van der Waals surface area contributed by atoms with Crippen LogP contribution in [0.4, 0.5) is 0 Å². The number of hydrogen-bond donors (Lipinski definition) is 0. The second-order valence-corrected chi connectivity index (χ2v) is 16.5. The van der Waals surface area contributed by atoms with E-state index in [0.29, 0.717) is 11.3 Å². The van der Waals surface area contributed by atoms with Crippen molar-refractivity contribution in [2.24, 2.45) is 0 Å². The highest BCUT2D eigenvalue weighted by atomic mass is 127. The van der Waals surface area contributed by atoms with Crippen molar-refractivity contribution < 1.29 is 9.47 Å². The number of hydrogen-bond acceptors (Lipinski definition) is 9. The molecule has 0 amide bonds. The van der Waals surface area contributed by atoms with Crippen molar-refractivity contribution in [2.75, 3.05) is 0 Å². The van der Waals surface area contributed by atoms with Gasteiger partial charge in [0, 0.05) is 31.2 Å². The van der Waals surface area contributed by atoms with E-state index in [-0.39, 0.29) is 12.2 Å². The van der Waals surface area contributed by atoms with Crippen LogP contribution in [0.25, 0.3) is 42.3 Å². The summed E-state index contributed by atoms with van der Waals surface area (Å²) in [4.78, 5) is 0. The summed E-state index contributed by atoms with van der Waals surface area (Å²) in [6.45, 7) is 12.1. The van der Waals surface area contributed by atoms with Gasteiger partial charge < -0.3 is 9.47 Å². The standard InChI is InChI=1S/C19H16BrN3OS.C18H16BrIN2OS/c1-11(2)24-17-7-4-13(9-14(17)10-21)18-22-23-19(25-18)16-6-5-15(20)8-12(16)3;1-10(2)23-16-7-4-12(9-15(16)20)17-21-22-18(24-17)14-6-5-13(19)8-11(14)3/h4-9,11H,1-3H3;4-10H,1-3H3. The Bertz CT molecular complexity index is 2140. The average molecular weight is 930 g/mol. The monoisotopic (exact) mass is 927 g/mol. The van der Waals surface area contributed by atoms with Crippen LogP contribution < -0.4 is 9.47 Å². The number of aryl methyl sites for hydroxylation is 2. The summed E-state index contributed by atoms with van der Waals surface area (Å²) in [5.41, 5.74) is 6.93. The SMILES string of the molecule is Cc1cc(Br)ccc1-c1nnc(-c2ccc(OC(C)C)c(C#N)c2)s1.Cc1cc(Br)ccc1-c1nnc(-c2ccc(OC(C)C)c(I)c2)s1. The van der Waals surface area contributed by atoms with Crippen LogP contribution in [0.15, 0.2) is 81.7 Å².